The van der Waals surface area contributed by atoms with Gasteiger partial charge in [0.1, 0.15) is 6.04 Å². The third-order valence-corrected chi connectivity index (χ3v) is 2.28. The third kappa shape index (κ3) is 2.22. The highest BCUT2D eigenvalue weighted by molar-refractivity contribution is 7.80. The molecule has 0 saturated carbocycles. The number of rotatable bonds is 3. The fraction of sp³-hybridized carbons (Fsp3) is 0.429. The van der Waals surface area contributed by atoms with Crippen molar-refractivity contribution in [3.63, 3.8) is 0 Å². The molecule has 0 saturated heterocycles. The number of aromatic nitrogens is 2. The predicted molar refractivity (Wildman–Crippen MR) is 49.8 cm³/mol. The smallest absolute Gasteiger partial charge is 0.320 e. The van der Waals surface area contributed by atoms with E-state index in [1.165, 1.54) is 0 Å². The van der Waals surface area contributed by atoms with Crippen molar-refractivity contribution >= 4 is 18.6 Å². The Labute approximate surface area is 81.0 Å². The van der Waals surface area contributed by atoms with E-state index < -0.39 is 12.0 Å². The summed E-state index contributed by atoms with van der Waals surface area (Å²) < 4.78 is 1.70. The van der Waals surface area contributed by atoms with Crippen LogP contribution in [0.5, 0.6) is 0 Å². The molecule has 1 rings (SSSR count). The van der Waals surface area contributed by atoms with E-state index >= 15 is 0 Å². The van der Waals surface area contributed by atoms with Crippen molar-refractivity contribution in [3.8, 4) is 0 Å². The minimum atomic E-state index is -1.03. The van der Waals surface area contributed by atoms with E-state index in [4.69, 9.17) is 10.8 Å². The third-order valence-electron chi connectivity index (χ3n) is 1.71. The van der Waals surface area contributed by atoms with Crippen molar-refractivity contribution in [3.05, 3.63) is 12.0 Å². The second-order valence-electron chi connectivity index (χ2n) is 2.77. The lowest BCUT2D eigenvalue weighted by atomic mass is 10.2. The van der Waals surface area contributed by atoms with Gasteiger partial charge in [0.2, 0.25) is 0 Å². The molecule has 0 aromatic carbocycles. The molecule has 5 nitrogen and oxygen atoms in total. The maximum Gasteiger partial charge on any atom is 0.320 e. The van der Waals surface area contributed by atoms with Crippen LogP contribution >= 0.6 is 12.6 Å². The van der Waals surface area contributed by atoms with Crippen molar-refractivity contribution in [2.75, 3.05) is 0 Å². The normalized spacial score (nSPS) is 12.8. The fourth-order valence-corrected chi connectivity index (χ4v) is 1.11. The number of thiol groups is 1. The second kappa shape index (κ2) is 3.80. The number of carboxylic acid groups (broad SMARTS) is 1. The van der Waals surface area contributed by atoms with Gasteiger partial charge in [-0.25, -0.2) is 4.98 Å². The Hall–Kier alpha value is -1.01. The molecule has 0 amide bonds. The monoisotopic (exact) mass is 201 g/mol. The molecular weight excluding hydrogens is 190 g/mol. The van der Waals surface area contributed by atoms with Gasteiger partial charge in [-0.05, 0) is 0 Å². The minimum absolute atomic E-state index is 0.203. The highest BCUT2D eigenvalue weighted by Crippen LogP contribution is 2.12. The lowest BCUT2D eigenvalue weighted by Crippen LogP contribution is -2.32. The van der Waals surface area contributed by atoms with Gasteiger partial charge in [0, 0.05) is 13.5 Å². The van der Waals surface area contributed by atoms with Crippen molar-refractivity contribution in [1.29, 1.82) is 0 Å². The number of carboxylic acids is 1. The highest BCUT2D eigenvalue weighted by atomic mass is 32.1. The summed E-state index contributed by atoms with van der Waals surface area (Å²) in [5.41, 5.74) is 5.96. The topological polar surface area (TPSA) is 81.1 Å². The Morgan fingerprint density at radius 1 is 1.92 bits per heavy atom. The average Bonchev–Trinajstić information content (AvgIpc) is 2.36. The molecule has 0 bridgehead atoms. The summed E-state index contributed by atoms with van der Waals surface area (Å²) in [5, 5.41) is 9.21. The van der Waals surface area contributed by atoms with Gasteiger partial charge in [0.15, 0.2) is 0 Å². The summed E-state index contributed by atoms with van der Waals surface area (Å²) in [6.07, 6.45) is 1.78. The summed E-state index contributed by atoms with van der Waals surface area (Å²) >= 11 is 4.16. The molecule has 1 aromatic rings. The Kier molecular flexibility index (Phi) is 2.94. The van der Waals surface area contributed by atoms with Gasteiger partial charge in [-0.2, -0.15) is 0 Å². The van der Waals surface area contributed by atoms with E-state index in [1.54, 1.807) is 17.9 Å². The molecule has 72 valence electrons. The molecule has 0 spiro atoms. The maximum absolute atomic E-state index is 10.4. The van der Waals surface area contributed by atoms with Gasteiger partial charge in [0.25, 0.3) is 0 Å². The van der Waals surface area contributed by atoms with E-state index in [2.05, 4.69) is 17.6 Å². The van der Waals surface area contributed by atoms with Crippen LogP contribution in [-0.4, -0.2) is 26.7 Å². The lowest BCUT2D eigenvalue weighted by molar-refractivity contribution is -0.138. The van der Waals surface area contributed by atoms with Crippen LogP contribution in [0.2, 0.25) is 0 Å². The van der Waals surface area contributed by atoms with Gasteiger partial charge in [0.05, 0.1) is 17.0 Å². The quantitative estimate of drug-likeness (QED) is 0.585. The predicted octanol–water partition coefficient (Wildman–Crippen LogP) is -0.337. The van der Waals surface area contributed by atoms with Crippen molar-refractivity contribution in [2.45, 2.75) is 17.5 Å². The SMILES string of the molecule is Cn1cnc(CC(N)C(=O)O)c1S. The Balaban J connectivity index is 2.74. The largest absolute Gasteiger partial charge is 0.480 e. The lowest BCUT2D eigenvalue weighted by Gasteiger charge is -2.04. The summed E-state index contributed by atoms with van der Waals surface area (Å²) in [6.45, 7) is 0. The van der Waals surface area contributed by atoms with Crippen LogP contribution < -0.4 is 5.73 Å². The van der Waals surface area contributed by atoms with Crippen molar-refractivity contribution in [2.24, 2.45) is 12.8 Å². The molecule has 13 heavy (non-hydrogen) atoms. The number of nitrogens with two attached hydrogens (primary N) is 1. The molecule has 6 heteroatoms. The first-order valence-corrected chi connectivity index (χ1v) is 4.14. The summed E-state index contributed by atoms with van der Waals surface area (Å²) in [6, 6.07) is -0.916. The van der Waals surface area contributed by atoms with E-state index in [9.17, 15) is 4.79 Å². The van der Waals surface area contributed by atoms with E-state index in [-0.39, 0.29) is 6.42 Å². The molecule has 0 aliphatic rings. The summed E-state index contributed by atoms with van der Waals surface area (Å²) in [7, 11) is 1.78. The number of hydrogen-bond acceptors (Lipinski definition) is 4. The van der Waals surface area contributed by atoms with Crippen LogP contribution in [0.15, 0.2) is 11.4 Å². The number of aryl methyl sites for hydroxylation is 1. The number of hydrogen-bond donors (Lipinski definition) is 3. The standard InChI is InChI=1S/C7H11N3O2S/c1-10-3-9-5(6(10)13)2-4(8)7(11)12/h3-4,13H,2,8H2,1H3,(H,11,12). The molecule has 3 N–H and O–H groups in total. The number of imidazole rings is 1. The van der Waals surface area contributed by atoms with Crippen molar-refractivity contribution in [1.82, 2.24) is 9.55 Å². The van der Waals surface area contributed by atoms with Gasteiger partial charge in [-0.3, -0.25) is 4.79 Å². The highest BCUT2D eigenvalue weighted by Gasteiger charge is 2.15. The molecule has 0 radical (unpaired) electrons. The van der Waals surface area contributed by atoms with E-state index in [0.29, 0.717) is 10.7 Å². The maximum atomic E-state index is 10.4. The van der Waals surface area contributed by atoms with Gasteiger partial charge in [-0.15, -0.1) is 12.6 Å². The molecule has 1 aromatic heterocycles. The van der Waals surface area contributed by atoms with Crippen LogP contribution in [-0.2, 0) is 18.3 Å². The zero-order valence-corrected chi connectivity index (χ0v) is 8.03. The van der Waals surface area contributed by atoms with E-state index in [0.717, 1.165) is 0 Å². The zero-order valence-electron chi connectivity index (χ0n) is 7.14. The first kappa shape index (κ1) is 10.1. The molecule has 0 fully saturated rings. The summed E-state index contributed by atoms with van der Waals surface area (Å²) in [4.78, 5) is 14.4. The zero-order chi connectivity index (χ0) is 10.0. The van der Waals surface area contributed by atoms with Crippen LogP contribution in [0.1, 0.15) is 5.69 Å². The van der Waals surface area contributed by atoms with Crippen molar-refractivity contribution < 1.29 is 9.90 Å². The summed E-state index contributed by atoms with van der Waals surface area (Å²) in [5.74, 6) is -1.03. The average molecular weight is 201 g/mol. The Bertz CT molecular complexity index is 324. The molecule has 0 aliphatic heterocycles. The number of nitrogens with zero attached hydrogens (tertiary/aromatic N) is 2. The fourth-order valence-electron chi connectivity index (χ4n) is 0.912. The van der Waals surface area contributed by atoms with Crippen LogP contribution in [0.25, 0.3) is 0 Å². The second-order valence-corrected chi connectivity index (χ2v) is 3.20. The molecule has 0 aliphatic carbocycles. The molecular formula is C7H11N3O2S. The van der Waals surface area contributed by atoms with E-state index in [1.807, 2.05) is 0 Å². The molecule has 1 heterocycles. The van der Waals surface area contributed by atoms with Crippen LogP contribution in [0, 0.1) is 0 Å². The van der Waals surface area contributed by atoms with Gasteiger partial charge < -0.3 is 15.4 Å². The minimum Gasteiger partial charge on any atom is -0.480 e. The van der Waals surface area contributed by atoms with Crippen LogP contribution in [0.4, 0.5) is 0 Å². The number of carbonyl (C=O) groups is 1. The number of aliphatic carboxylic acids is 1. The first-order chi connectivity index (χ1) is 6.02. The van der Waals surface area contributed by atoms with Crippen LogP contribution in [0.3, 0.4) is 0 Å². The van der Waals surface area contributed by atoms with Gasteiger partial charge >= 0.3 is 5.97 Å². The molecule has 1 unspecified atom stereocenters. The Morgan fingerprint density at radius 2 is 2.54 bits per heavy atom. The van der Waals surface area contributed by atoms with Gasteiger partial charge in [-0.1, -0.05) is 0 Å². The molecule has 1 atom stereocenters. The first-order valence-electron chi connectivity index (χ1n) is 3.70. The Morgan fingerprint density at radius 3 is 2.92 bits per heavy atom.